The first-order valence-electron chi connectivity index (χ1n) is 10.4. The fraction of sp³-hybridized carbons (Fsp3) is 0.571. The summed E-state index contributed by atoms with van der Waals surface area (Å²) in [7, 11) is 0. The van der Waals surface area contributed by atoms with Crippen molar-refractivity contribution in [1.82, 2.24) is 20.2 Å². The van der Waals surface area contributed by atoms with E-state index in [9.17, 15) is 9.18 Å². The number of benzene rings is 1. The van der Waals surface area contributed by atoms with Crippen LogP contribution in [0.3, 0.4) is 0 Å². The van der Waals surface area contributed by atoms with Crippen LogP contribution in [-0.2, 0) is 4.79 Å². The van der Waals surface area contributed by atoms with Crippen molar-refractivity contribution in [3.8, 4) is 11.4 Å². The van der Waals surface area contributed by atoms with Crippen molar-refractivity contribution in [1.29, 1.82) is 0 Å². The third-order valence-corrected chi connectivity index (χ3v) is 7.85. The number of nitrogen functional groups attached to an aromatic ring is 1. The van der Waals surface area contributed by atoms with Crippen molar-refractivity contribution in [2.45, 2.75) is 43.7 Å². The Hall–Kier alpha value is -2.09. The summed E-state index contributed by atoms with van der Waals surface area (Å²) in [6, 6.07) is 6.05. The van der Waals surface area contributed by atoms with E-state index in [2.05, 4.69) is 15.5 Å². The number of amides is 1. The topological polar surface area (TPSA) is 85.8 Å². The second kappa shape index (κ2) is 7.31. The lowest BCUT2D eigenvalue weighted by atomic mass is 9.49. The van der Waals surface area contributed by atoms with E-state index in [0.29, 0.717) is 22.0 Å². The predicted octanol–water partition coefficient (Wildman–Crippen LogP) is 3.22. The molecule has 1 heterocycles. The van der Waals surface area contributed by atoms with Crippen molar-refractivity contribution < 1.29 is 9.18 Å². The van der Waals surface area contributed by atoms with E-state index in [-0.39, 0.29) is 17.5 Å². The number of nitrogens with one attached hydrogen (secondary N) is 1. The summed E-state index contributed by atoms with van der Waals surface area (Å²) in [5.74, 6) is 8.96. The van der Waals surface area contributed by atoms with Crippen LogP contribution < -0.4 is 11.2 Å². The van der Waals surface area contributed by atoms with Gasteiger partial charge in [0.1, 0.15) is 5.82 Å². The fourth-order valence-electron chi connectivity index (χ4n) is 6.17. The van der Waals surface area contributed by atoms with Gasteiger partial charge in [0, 0.05) is 12.1 Å². The van der Waals surface area contributed by atoms with Gasteiger partial charge >= 0.3 is 0 Å². The number of carbonyl (C=O) groups is 1. The van der Waals surface area contributed by atoms with Gasteiger partial charge in [-0.25, -0.2) is 9.07 Å². The van der Waals surface area contributed by atoms with Gasteiger partial charge in [0.2, 0.25) is 11.1 Å². The number of nitrogens with two attached hydrogens (primary N) is 1. The van der Waals surface area contributed by atoms with Crippen LogP contribution in [0.5, 0.6) is 0 Å². The summed E-state index contributed by atoms with van der Waals surface area (Å²) in [6.45, 7) is 0.791. The molecule has 0 aliphatic heterocycles. The maximum Gasteiger partial charge on any atom is 0.230 e. The smallest absolute Gasteiger partial charge is 0.230 e. The van der Waals surface area contributed by atoms with Gasteiger partial charge < -0.3 is 11.2 Å². The third kappa shape index (κ3) is 3.74. The quantitative estimate of drug-likeness (QED) is 0.559. The molecule has 6 nitrogen and oxygen atoms in total. The second-order valence-corrected chi connectivity index (χ2v) is 10.1. The van der Waals surface area contributed by atoms with Crippen LogP contribution in [-0.4, -0.2) is 33.1 Å². The van der Waals surface area contributed by atoms with E-state index in [1.165, 1.54) is 67.1 Å². The van der Waals surface area contributed by atoms with Gasteiger partial charge in [-0.05, 0) is 73.8 Å². The molecule has 0 atom stereocenters. The Morgan fingerprint density at radius 2 is 1.90 bits per heavy atom. The van der Waals surface area contributed by atoms with Crippen molar-refractivity contribution in [3.63, 3.8) is 0 Å². The normalized spacial score (nSPS) is 29.9. The van der Waals surface area contributed by atoms with E-state index >= 15 is 0 Å². The van der Waals surface area contributed by atoms with Gasteiger partial charge in [-0.1, -0.05) is 23.9 Å². The van der Waals surface area contributed by atoms with Crippen LogP contribution >= 0.6 is 11.8 Å². The van der Waals surface area contributed by atoms with Crippen LogP contribution in [0.1, 0.15) is 38.5 Å². The number of aromatic nitrogens is 3. The fourth-order valence-corrected chi connectivity index (χ4v) is 6.86. The Labute approximate surface area is 173 Å². The van der Waals surface area contributed by atoms with Crippen molar-refractivity contribution in [2.75, 3.05) is 18.1 Å². The molecule has 4 saturated carbocycles. The SMILES string of the molecule is Nn1c(SCC(=O)NCC23CC4CC(CC(C4)C2)C3)nnc1-c1cccc(F)c1. The highest BCUT2D eigenvalue weighted by molar-refractivity contribution is 7.99. The number of halogens is 1. The average molecular weight is 416 g/mol. The standard InChI is InChI=1S/C21H26FN5OS/c22-17-3-1-2-16(7-17)19-25-26-20(27(19)23)29-11-18(28)24-12-21-8-13-4-14(9-21)6-15(5-13)10-21/h1-3,7,13-15H,4-6,8-12,23H2,(H,24,28). The molecule has 6 rings (SSSR count). The van der Waals surface area contributed by atoms with Crippen molar-refractivity contribution >= 4 is 17.7 Å². The van der Waals surface area contributed by atoms with E-state index in [0.717, 1.165) is 24.3 Å². The molecular formula is C21H26FN5OS. The lowest BCUT2D eigenvalue weighted by molar-refractivity contribution is -0.120. The first kappa shape index (κ1) is 18.9. The Morgan fingerprint density at radius 3 is 2.55 bits per heavy atom. The number of hydrogen-bond acceptors (Lipinski definition) is 5. The van der Waals surface area contributed by atoms with Gasteiger partial charge in [-0.15, -0.1) is 10.2 Å². The summed E-state index contributed by atoms with van der Waals surface area (Å²) in [4.78, 5) is 12.5. The molecule has 4 aliphatic carbocycles. The van der Waals surface area contributed by atoms with Gasteiger partial charge in [0.25, 0.3) is 0 Å². The molecule has 3 N–H and O–H groups in total. The Balaban J connectivity index is 1.17. The minimum atomic E-state index is -0.358. The maximum atomic E-state index is 13.4. The lowest BCUT2D eigenvalue weighted by Crippen LogP contribution is -2.51. The second-order valence-electron chi connectivity index (χ2n) is 9.17. The molecule has 0 spiro atoms. The number of nitrogens with zero attached hydrogens (tertiary/aromatic N) is 3. The molecule has 4 aliphatic rings. The van der Waals surface area contributed by atoms with Crippen molar-refractivity contribution in [3.05, 3.63) is 30.1 Å². The highest BCUT2D eigenvalue weighted by atomic mass is 32.2. The zero-order valence-corrected chi connectivity index (χ0v) is 17.1. The summed E-state index contributed by atoms with van der Waals surface area (Å²) in [5, 5.41) is 11.7. The Morgan fingerprint density at radius 1 is 1.21 bits per heavy atom. The molecule has 4 fully saturated rings. The van der Waals surface area contributed by atoms with Crippen LogP contribution in [0, 0.1) is 29.0 Å². The highest BCUT2D eigenvalue weighted by Crippen LogP contribution is 2.59. The lowest BCUT2D eigenvalue weighted by Gasteiger charge is -2.56. The zero-order chi connectivity index (χ0) is 20.0. The Kier molecular flexibility index (Phi) is 4.76. The number of rotatable bonds is 6. The van der Waals surface area contributed by atoms with Gasteiger partial charge in [-0.3, -0.25) is 4.79 Å². The average Bonchev–Trinajstić information content (AvgIpc) is 3.04. The molecule has 0 saturated heterocycles. The van der Waals surface area contributed by atoms with Crippen molar-refractivity contribution in [2.24, 2.45) is 23.2 Å². The molecule has 4 bridgehead atoms. The molecular weight excluding hydrogens is 389 g/mol. The van der Waals surface area contributed by atoms with Crippen LogP contribution in [0.25, 0.3) is 11.4 Å². The number of carbonyl (C=O) groups excluding carboxylic acids is 1. The molecule has 0 unspecified atom stereocenters. The van der Waals surface area contributed by atoms with Crippen LogP contribution in [0.15, 0.2) is 29.4 Å². The van der Waals surface area contributed by atoms with Crippen LogP contribution in [0.2, 0.25) is 0 Å². The summed E-state index contributed by atoms with van der Waals surface area (Å²) < 4.78 is 14.8. The number of thioether (sulfide) groups is 1. The first-order chi connectivity index (χ1) is 14.0. The molecule has 29 heavy (non-hydrogen) atoms. The monoisotopic (exact) mass is 415 g/mol. The van der Waals surface area contributed by atoms with Gasteiger partial charge in [0.05, 0.1) is 5.75 Å². The van der Waals surface area contributed by atoms with Crippen LogP contribution in [0.4, 0.5) is 4.39 Å². The zero-order valence-electron chi connectivity index (χ0n) is 16.3. The number of hydrogen-bond donors (Lipinski definition) is 2. The molecule has 1 aromatic carbocycles. The van der Waals surface area contributed by atoms with Gasteiger partial charge in [0.15, 0.2) is 5.82 Å². The highest BCUT2D eigenvalue weighted by Gasteiger charge is 2.50. The first-order valence-corrected chi connectivity index (χ1v) is 11.3. The summed E-state index contributed by atoms with van der Waals surface area (Å²) >= 11 is 1.25. The van der Waals surface area contributed by atoms with E-state index in [1.807, 2.05) is 0 Å². The van der Waals surface area contributed by atoms with E-state index in [4.69, 9.17) is 5.84 Å². The minimum absolute atomic E-state index is 0.000973. The Bertz CT molecular complexity index is 894. The predicted molar refractivity (Wildman–Crippen MR) is 110 cm³/mol. The largest absolute Gasteiger partial charge is 0.355 e. The van der Waals surface area contributed by atoms with E-state index < -0.39 is 0 Å². The minimum Gasteiger partial charge on any atom is -0.355 e. The molecule has 154 valence electrons. The van der Waals surface area contributed by atoms with E-state index in [1.54, 1.807) is 12.1 Å². The van der Waals surface area contributed by atoms with Gasteiger partial charge in [-0.2, -0.15) is 0 Å². The summed E-state index contributed by atoms with van der Waals surface area (Å²) in [6.07, 6.45) is 8.05. The molecule has 1 aromatic heterocycles. The molecule has 2 aromatic rings. The molecule has 1 amide bonds. The molecule has 0 radical (unpaired) electrons. The summed E-state index contributed by atoms with van der Waals surface area (Å²) in [5.41, 5.74) is 0.881. The molecule has 8 heteroatoms. The maximum absolute atomic E-state index is 13.4. The third-order valence-electron chi connectivity index (χ3n) is 6.91.